The van der Waals surface area contributed by atoms with Gasteiger partial charge >= 0.3 is 0 Å². The van der Waals surface area contributed by atoms with Crippen molar-refractivity contribution in [3.63, 3.8) is 0 Å². The molecule has 0 bridgehead atoms. The number of nitrogens with two attached hydrogens (primary N) is 1. The third-order valence-corrected chi connectivity index (χ3v) is 6.27. The highest BCUT2D eigenvalue weighted by molar-refractivity contribution is 6.36. The van der Waals surface area contributed by atoms with Gasteiger partial charge in [0.05, 0.1) is 10.9 Å². The molecule has 6 nitrogen and oxygen atoms in total. The van der Waals surface area contributed by atoms with Crippen LogP contribution in [0.4, 0.5) is 0 Å². The van der Waals surface area contributed by atoms with E-state index in [-0.39, 0.29) is 24.9 Å². The molecule has 0 atom stereocenters. The van der Waals surface area contributed by atoms with Crippen molar-refractivity contribution in [2.75, 3.05) is 13.1 Å². The van der Waals surface area contributed by atoms with E-state index in [1.165, 1.54) is 0 Å². The maximum atomic E-state index is 12.8. The summed E-state index contributed by atoms with van der Waals surface area (Å²) in [6.45, 7) is 3.71. The van der Waals surface area contributed by atoms with Crippen LogP contribution in [0.5, 0.6) is 5.88 Å². The van der Waals surface area contributed by atoms with E-state index in [0.29, 0.717) is 26.5 Å². The van der Waals surface area contributed by atoms with Crippen LogP contribution in [0, 0.1) is 6.92 Å². The number of carbonyl (C=O) groups excluding carboxylic acids is 1. The topological polar surface area (TPSA) is 84.4 Å². The van der Waals surface area contributed by atoms with Crippen LogP contribution < -0.4 is 5.73 Å². The fraction of sp³-hybridized carbons (Fsp3) is 0.364. The van der Waals surface area contributed by atoms with E-state index in [4.69, 9.17) is 28.9 Å². The predicted octanol–water partition coefficient (Wildman–Crippen LogP) is 4.50. The van der Waals surface area contributed by atoms with Crippen LogP contribution in [0.1, 0.15) is 30.5 Å². The molecule has 1 saturated heterocycles. The minimum absolute atomic E-state index is 0.00727. The molecule has 0 spiro atoms. The number of hydrogen-bond acceptors (Lipinski definition) is 4. The van der Waals surface area contributed by atoms with E-state index in [0.717, 1.165) is 49.2 Å². The first-order valence-electron chi connectivity index (χ1n) is 10.0. The Labute approximate surface area is 185 Å². The van der Waals surface area contributed by atoms with Gasteiger partial charge in [0.15, 0.2) is 0 Å². The van der Waals surface area contributed by atoms with Crippen molar-refractivity contribution in [2.24, 2.45) is 5.73 Å². The van der Waals surface area contributed by atoms with Gasteiger partial charge in [0, 0.05) is 52.7 Å². The Morgan fingerprint density at radius 1 is 1.23 bits per heavy atom. The summed E-state index contributed by atoms with van der Waals surface area (Å²) >= 11 is 12.6. The van der Waals surface area contributed by atoms with Crippen molar-refractivity contribution in [3.8, 4) is 17.0 Å². The predicted molar refractivity (Wildman–Crippen MR) is 120 cm³/mol. The van der Waals surface area contributed by atoms with Crippen LogP contribution >= 0.6 is 23.2 Å². The van der Waals surface area contributed by atoms with E-state index in [1.807, 2.05) is 17.9 Å². The number of likely N-dealkylation sites (tertiary alicyclic amines) is 1. The summed E-state index contributed by atoms with van der Waals surface area (Å²) in [5, 5.41) is 12.6. The molecule has 0 unspecified atom stereocenters. The van der Waals surface area contributed by atoms with Gasteiger partial charge in [0.1, 0.15) is 6.54 Å². The van der Waals surface area contributed by atoms with Gasteiger partial charge in [-0.25, -0.2) is 0 Å². The summed E-state index contributed by atoms with van der Waals surface area (Å²) < 4.78 is 1.56. The Bertz CT molecular complexity index is 1120. The number of aromatic hydroxyl groups is 1. The first kappa shape index (κ1) is 21.0. The van der Waals surface area contributed by atoms with Gasteiger partial charge in [-0.2, -0.15) is 0 Å². The first-order valence-corrected chi connectivity index (χ1v) is 10.8. The molecule has 3 heterocycles. The molecule has 4 rings (SSSR count). The number of nitrogens with zero attached hydrogens (tertiary/aromatic N) is 3. The lowest BCUT2D eigenvalue weighted by Crippen LogP contribution is -2.37. The molecule has 1 amide bonds. The van der Waals surface area contributed by atoms with Gasteiger partial charge in [-0.05, 0) is 43.9 Å². The third kappa shape index (κ3) is 3.75. The zero-order valence-electron chi connectivity index (χ0n) is 16.8. The van der Waals surface area contributed by atoms with E-state index >= 15 is 0 Å². The number of fused-ring (bicyclic) bond motifs is 1. The summed E-state index contributed by atoms with van der Waals surface area (Å²) in [5.74, 6) is -0.0225. The average Bonchev–Trinajstić information content (AvgIpc) is 3.02. The normalized spacial score (nSPS) is 14.5. The number of amides is 1. The lowest BCUT2D eigenvalue weighted by molar-refractivity contribution is -0.132. The standard InChI is InChI=1S/C22H24Cl2N4O2/c1-13-16(10-25)20(15-6-5-14(23)9-17(15)24)21-18(26-13)11-28(22(21)30)12-19(29)27-7-3-2-4-8-27/h5-6,9,11,30H,2-4,7-8,10,12,25H2,1H3. The average molecular weight is 447 g/mol. The Balaban J connectivity index is 1.85. The maximum absolute atomic E-state index is 12.8. The summed E-state index contributed by atoms with van der Waals surface area (Å²) in [5.41, 5.74) is 9.62. The number of halogens is 2. The minimum atomic E-state index is -0.0152. The van der Waals surface area contributed by atoms with Crippen molar-refractivity contribution in [1.29, 1.82) is 0 Å². The monoisotopic (exact) mass is 446 g/mol. The number of benzene rings is 1. The van der Waals surface area contributed by atoms with Crippen molar-refractivity contribution in [2.45, 2.75) is 39.3 Å². The lowest BCUT2D eigenvalue weighted by Gasteiger charge is -2.26. The molecule has 0 saturated carbocycles. The highest BCUT2D eigenvalue weighted by Gasteiger charge is 2.24. The number of hydrogen-bond donors (Lipinski definition) is 2. The fourth-order valence-electron chi connectivity index (χ4n) is 4.18. The van der Waals surface area contributed by atoms with Crippen molar-refractivity contribution in [1.82, 2.24) is 14.5 Å². The van der Waals surface area contributed by atoms with Gasteiger partial charge in [-0.15, -0.1) is 0 Å². The summed E-state index contributed by atoms with van der Waals surface area (Å²) in [7, 11) is 0. The Morgan fingerprint density at radius 2 is 1.97 bits per heavy atom. The number of rotatable bonds is 4. The van der Waals surface area contributed by atoms with Crippen LogP contribution in [0.2, 0.25) is 10.0 Å². The van der Waals surface area contributed by atoms with Gasteiger partial charge < -0.3 is 20.3 Å². The molecule has 0 radical (unpaired) electrons. The first-order chi connectivity index (χ1) is 14.4. The number of pyridine rings is 1. The number of piperidine rings is 1. The van der Waals surface area contributed by atoms with Crippen LogP contribution in [-0.2, 0) is 17.9 Å². The van der Waals surface area contributed by atoms with E-state index < -0.39 is 0 Å². The molecule has 2 aromatic heterocycles. The van der Waals surface area contributed by atoms with E-state index in [9.17, 15) is 9.90 Å². The van der Waals surface area contributed by atoms with Crippen molar-refractivity contribution in [3.05, 3.63) is 45.7 Å². The Kier molecular flexibility index (Phi) is 5.91. The smallest absolute Gasteiger partial charge is 0.242 e. The quantitative estimate of drug-likeness (QED) is 0.617. The Hall–Kier alpha value is -2.28. The second kappa shape index (κ2) is 8.46. The fourth-order valence-corrected chi connectivity index (χ4v) is 4.69. The van der Waals surface area contributed by atoms with Crippen LogP contribution in [0.15, 0.2) is 24.4 Å². The number of aromatic nitrogens is 2. The van der Waals surface area contributed by atoms with Gasteiger partial charge in [-0.3, -0.25) is 9.78 Å². The van der Waals surface area contributed by atoms with Crippen molar-refractivity contribution >= 4 is 40.0 Å². The highest BCUT2D eigenvalue weighted by Crippen LogP contribution is 2.42. The second-order valence-electron chi connectivity index (χ2n) is 7.66. The molecule has 8 heteroatoms. The molecule has 1 aliphatic rings. The molecule has 3 aromatic rings. The number of aryl methyl sites for hydroxylation is 1. The number of carbonyl (C=O) groups is 1. The summed E-state index contributed by atoms with van der Waals surface area (Å²) in [4.78, 5) is 19.2. The molecule has 158 valence electrons. The van der Waals surface area contributed by atoms with E-state index in [2.05, 4.69) is 4.98 Å². The zero-order valence-corrected chi connectivity index (χ0v) is 18.3. The molecule has 1 fully saturated rings. The molecule has 3 N–H and O–H groups in total. The SMILES string of the molecule is Cc1nc2cn(CC(=O)N3CCCCC3)c(O)c2c(-c2ccc(Cl)cc2Cl)c1CN. The van der Waals surface area contributed by atoms with Gasteiger partial charge in [-0.1, -0.05) is 29.3 Å². The molecule has 1 aliphatic heterocycles. The van der Waals surface area contributed by atoms with Crippen LogP contribution in [0.3, 0.4) is 0 Å². The molecular weight excluding hydrogens is 423 g/mol. The molecular formula is C22H24Cl2N4O2. The van der Waals surface area contributed by atoms with Crippen LogP contribution in [0.25, 0.3) is 22.0 Å². The minimum Gasteiger partial charge on any atom is -0.494 e. The third-order valence-electron chi connectivity index (χ3n) is 5.73. The Morgan fingerprint density at radius 3 is 2.63 bits per heavy atom. The zero-order chi connectivity index (χ0) is 21.4. The summed E-state index contributed by atoms with van der Waals surface area (Å²) in [6.07, 6.45) is 4.91. The second-order valence-corrected chi connectivity index (χ2v) is 8.50. The van der Waals surface area contributed by atoms with Gasteiger partial charge in [0.2, 0.25) is 11.8 Å². The van der Waals surface area contributed by atoms with Crippen LogP contribution in [-0.4, -0.2) is 38.6 Å². The van der Waals surface area contributed by atoms with E-state index in [1.54, 1.807) is 22.9 Å². The van der Waals surface area contributed by atoms with Crippen molar-refractivity contribution < 1.29 is 9.90 Å². The molecule has 30 heavy (non-hydrogen) atoms. The van der Waals surface area contributed by atoms with Gasteiger partial charge in [0.25, 0.3) is 0 Å². The lowest BCUT2D eigenvalue weighted by atomic mass is 9.95. The largest absolute Gasteiger partial charge is 0.494 e. The molecule has 1 aromatic carbocycles. The summed E-state index contributed by atoms with van der Waals surface area (Å²) in [6, 6.07) is 5.22. The molecule has 0 aliphatic carbocycles. The maximum Gasteiger partial charge on any atom is 0.242 e. The highest BCUT2D eigenvalue weighted by atomic mass is 35.5.